The van der Waals surface area contributed by atoms with E-state index in [0.29, 0.717) is 0 Å². The van der Waals surface area contributed by atoms with Gasteiger partial charge in [0.15, 0.2) is 0 Å². The van der Waals surface area contributed by atoms with Crippen LogP contribution in [0, 0.1) is 0 Å². The molecule has 1 heterocycles. The molecule has 0 N–H and O–H groups in total. The van der Waals surface area contributed by atoms with Crippen LogP contribution in [0.5, 0.6) is 0 Å². The van der Waals surface area contributed by atoms with E-state index < -0.39 is 0 Å². The van der Waals surface area contributed by atoms with Gasteiger partial charge in [0.1, 0.15) is 0 Å². The Morgan fingerprint density at radius 3 is 1.70 bits per heavy atom. The van der Waals surface area contributed by atoms with Crippen LogP contribution in [0.1, 0.15) is 43.2 Å². The quantitative estimate of drug-likeness (QED) is 0.188. The largest absolute Gasteiger partial charge is 0.310 e. The van der Waals surface area contributed by atoms with E-state index in [1.165, 1.54) is 85.9 Å². The van der Waals surface area contributed by atoms with Gasteiger partial charge in [-0.05, 0) is 77.6 Å². The highest BCUT2D eigenvalue weighted by atomic mass is 32.1. The van der Waals surface area contributed by atoms with Crippen LogP contribution in [0.4, 0.5) is 17.1 Å². The molecule has 0 atom stereocenters. The van der Waals surface area contributed by atoms with Crippen LogP contribution in [0.25, 0.3) is 31.3 Å². The predicted molar refractivity (Wildman–Crippen MR) is 190 cm³/mol. The number of fused-ring (bicyclic) bond motifs is 3. The number of hydrogen-bond acceptors (Lipinski definition) is 2. The van der Waals surface area contributed by atoms with E-state index in [4.69, 9.17) is 0 Å². The standard InChI is InChI=1S/C42H35NS/c1-4-12-31(13-5-1)32-18-22-35(23-19-32)43(37-26-27-39-38-16-8-9-17-40(38)44-41(39)30-37)36-24-20-34(21-25-36)42(28-10-3-11-29-42)33-14-6-2-7-15-33/h1-2,4-9,12-27,30H,3,10-11,28-29H2. The number of benzene rings is 6. The molecule has 1 aliphatic carbocycles. The molecule has 1 fully saturated rings. The van der Waals surface area contributed by atoms with Crippen molar-refractivity contribution >= 4 is 48.6 Å². The molecule has 6 aromatic carbocycles. The summed E-state index contributed by atoms with van der Waals surface area (Å²) in [4.78, 5) is 2.42. The Bertz CT molecular complexity index is 2020. The smallest absolute Gasteiger partial charge is 0.0476 e. The molecule has 0 saturated heterocycles. The zero-order valence-corrected chi connectivity index (χ0v) is 25.6. The molecule has 0 spiro atoms. The van der Waals surface area contributed by atoms with Gasteiger partial charge in [-0.15, -0.1) is 11.3 Å². The molecule has 0 bridgehead atoms. The van der Waals surface area contributed by atoms with Crippen molar-refractivity contribution in [2.45, 2.75) is 37.5 Å². The first-order valence-corrected chi connectivity index (χ1v) is 16.6. The first-order valence-electron chi connectivity index (χ1n) is 15.8. The highest BCUT2D eigenvalue weighted by molar-refractivity contribution is 7.25. The predicted octanol–water partition coefficient (Wildman–Crippen LogP) is 12.4. The zero-order valence-electron chi connectivity index (χ0n) is 24.8. The average molecular weight is 586 g/mol. The monoisotopic (exact) mass is 585 g/mol. The molecule has 7 aromatic rings. The summed E-state index contributed by atoms with van der Waals surface area (Å²) in [7, 11) is 0. The van der Waals surface area contributed by atoms with Crippen molar-refractivity contribution < 1.29 is 0 Å². The molecule has 2 heteroatoms. The fourth-order valence-electron chi connectivity index (χ4n) is 7.32. The lowest BCUT2D eigenvalue weighted by atomic mass is 9.65. The summed E-state index contributed by atoms with van der Waals surface area (Å²) < 4.78 is 2.65. The first kappa shape index (κ1) is 26.9. The lowest BCUT2D eigenvalue weighted by Gasteiger charge is -2.39. The number of hydrogen-bond donors (Lipinski definition) is 0. The SMILES string of the molecule is c1ccc(-c2ccc(N(c3ccc(C4(c5ccccc5)CCCCC4)cc3)c3ccc4c(c3)sc3ccccc34)cc2)cc1. The topological polar surface area (TPSA) is 3.24 Å². The van der Waals surface area contributed by atoms with Gasteiger partial charge in [-0.3, -0.25) is 0 Å². The molecular weight excluding hydrogens is 551 g/mol. The summed E-state index contributed by atoms with van der Waals surface area (Å²) in [5.74, 6) is 0. The minimum atomic E-state index is 0.0934. The van der Waals surface area contributed by atoms with Gasteiger partial charge in [0.05, 0.1) is 0 Å². The van der Waals surface area contributed by atoms with Crippen LogP contribution in [0.3, 0.4) is 0 Å². The van der Waals surface area contributed by atoms with Crippen LogP contribution >= 0.6 is 11.3 Å². The van der Waals surface area contributed by atoms with E-state index in [-0.39, 0.29) is 5.41 Å². The Morgan fingerprint density at radius 2 is 0.977 bits per heavy atom. The Labute approximate surface area is 264 Å². The van der Waals surface area contributed by atoms with E-state index in [1.807, 2.05) is 11.3 Å². The Kier molecular flexibility index (Phi) is 7.01. The van der Waals surface area contributed by atoms with Crippen molar-refractivity contribution in [1.29, 1.82) is 0 Å². The minimum Gasteiger partial charge on any atom is -0.310 e. The fraction of sp³-hybridized carbons (Fsp3) is 0.143. The van der Waals surface area contributed by atoms with Crippen LogP contribution < -0.4 is 4.90 Å². The lowest BCUT2D eigenvalue weighted by Crippen LogP contribution is -2.30. The molecule has 1 aliphatic rings. The van der Waals surface area contributed by atoms with Crippen LogP contribution in [-0.2, 0) is 5.41 Å². The second-order valence-electron chi connectivity index (χ2n) is 12.1. The third-order valence-corrected chi connectivity index (χ3v) is 10.7. The summed E-state index contributed by atoms with van der Waals surface area (Å²) in [6.45, 7) is 0. The summed E-state index contributed by atoms with van der Waals surface area (Å²) in [6, 6.07) is 56.0. The second kappa shape index (κ2) is 11.4. The fourth-order valence-corrected chi connectivity index (χ4v) is 8.46. The average Bonchev–Trinajstić information content (AvgIpc) is 3.48. The van der Waals surface area contributed by atoms with Crippen molar-refractivity contribution in [2.75, 3.05) is 4.90 Å². The number of nitrogens with zero attached hydrogens (tertiary/aromatic N) is 1. The van der Waals surface area contributed by atoms with E-state index in [0.717, 1.165) is 5.69 Å². The van der Waals surface area contributed by atoms with Gasteiger partial charge in [0, 0.05) is 42.6 Å². The molecule has 1 nitrogen and oxygen atoms in total. The molecule has 1 saturated carbocycles. The van der Waals surface area contributed by atoms with Crippen LogP contribution in [0.2, 0.25) is 0 Å². The highest BCUT2D eigenvalue weighted by Gasteiger charge is 2.35. The molecule has 0 unspecified atom stereocenters. The van der Waals surface area contributed by atoms with Gasteiger partial charge in [0.2, 0.25) is 0 Å². The second-order valence-corrected chi connectivity index (χ2v) is 13.2. The van der Waals surface area contributed by atoms with Crippen molar-refractivity contribution in [2.24, 2.45) is 0 Å². The van der Waals surface area contributed by atoms with Crippen LogP contribution in [-0.4, -0.2) is 0 Å². The van der Waals surface area contributed by atoms with Gasteiger partial charge >= 0.3 is 0 Å². The van der Waals surface area contributed by atoms with E-state index in [2.05, 4.69) is 157 Å². The Balaban J connectivity index is 1.23. The number of anilines is 3. The van der Waals surface area contributed by atoms with E-state index >= 15 is 0 Å². The maximum Gasteiger partial charge on any atom is 0.0476 e. The molecular formula is C42H35NS. The zero-order chi connectivity index (χ0) is 29.3. The Hall–Kier alpha value is -4.66. The van der Waals surface area contributed by atoms with Gasteiger partial charge in [0.25, 0.3) is 0 Å². The van der Waals surface area contributed by atoms with Crippen LogP contribution in [0.15, 0.2) is 152 Å². The van der Waals surface area contributed by atoms with E-state index in [1.54, 1.807) is 0 Å². The maximum atomic E-state index is 2.42. The number of rotatable bonds is 6. The number of thiophene rings is 1. The molecule has 0 radical (unpaired) electrons. The van der Waals surface area contributed by atoms with Gasteiger partial charge in [-0.1, -0.05) is 128 Å². The molecule has 214 valence electrons. The summed E-state index contributed by atoms with van der Waals surface area (Å²) in [5.41, 5.74) is 8.97. The van der Waals surface area contributed by atoms with Crippen molar-refractivity contribution in [3.8, 4) is 11.1 Å². The summed E-state index contributed by atoms with van der Waals surface area (Å²) in [6.07, 6.45) is 6.32. The van der Waals surface area contributed by atoms with Gasteiger partial charge in [-0.2, -0.15) is 0 Å². The summed E-state index contributed by atoms with van der Waals surface area (Å²) >= 11 is 1.87. The summed E-state index contributed by atoms with van der Waals surface area (Å²) in [5, 5.41) is 2.66. The van der Waals surface area contributed by atoms with Crippen molar-refractivity contribution in [3.63, 3.8) is 0 Å². The molecule has 8 rings (SSSR count). The third-order valence-electron chi connectivity index (χ3n) is 9.56. The normalized spacial score (nSPS) is 14.5. The van der Waals surface area contributed by atoms with Gasteiger partial charge in [-0.25, -0.2) is 0 Å². The van der Waals surface area contributed by atoms with E-state index in [9.17, 15) is 0 Å². The molecule has 0 aliphatic heterocycles. The highest BCUT2D eigenvalue weighted by Crippen LogP contribution is 2.46. The minimum absolute atomic E-state index is 0.0934. The third kappa shape index (κ3) is 4.80. The van der Waals surface area contributed by atoms with Crippen molar-refractivity contribution in [1.82, 2.24) is 0 Å². The first-order chi connectivity index (χ1) is 21.8. The lowest BCUT2D eigenvalue weighted by molar-refractivity contribution is 0.346. The molecule has 44 heavy (non-hydrogen) atoms. The maximum absolute atomic E-state index is 2.42. The molecule has 0 amide bonds. The van der Waals surface area contributed by atoms with Crippen molar-refractivity contribution in [3.05, 3.63) is 163 Å². The molecule has 1 aromatic heterocycles. The van der Waals surface area contributed by atoms with Gasteiger partial charge < -0.3 is 4.90 Å². The Morgan fingerprint density at radius 1 is 0.432 bits per heavy atom.